The largest absolute Gasteiger partial charge is 0.357 e. The van der Waals surface area contributed by atoms with Gasteiger partial charge in [-0.1, -0.05) is 19.4 Å². The van der Waals surface area contributed by atoms with Crippen LogP contribution in [0.3, 0.4) is 0 Å². The summed E-state index contributed by atoms with van der Waals surface area (Å²) in [5.41, 5.74) is 1.22. The van der Waals surface area contributed by atoms with Gasteiger partial charge in [0, 0.05) is 11.8 Å². The monoisotopic (exact) mass is 328 g/mol. The van der Waals surface area contributed by atoms with Gasteiger partial charge in [0.05, 0.1) is 6.10 Å². The van der Waals surface area contributed by atoms with Gasteiger partial charge in [-0.05, 0) is 74.7 Å². The van der Waals surface area contributed by atoms with Crippen molar-refractivity contribution in [2.24, 2.45) is 28.6 Å². The minimum Gasteiger partial charge on any atom is -0.357 e. The quantitative estimate of drug-likeness (QED) is 0.687. The predicted octanol–water partition coefficient (Wildman–Crippen LogP) is 3.85. The minimum absolute atomic E-state index is 0.0345. The molecule has 1 saturated heterocycles. The Bertz CT molecular complexity index is 679. The molecule has 0 spiro atoms. The van der Waals surface area contributed by atoms with Crippen molar-refractivity contribution in [1.82, 2.24) is 0 Å². The fourth-order valence-electron chi connectivity index (χ4n) is 7.62. The Kier molecular flexibility index (Phi) is 2.81. The third kappa shape index (κ3) is 1.54. The van der Waals surface area contributed by atoms with E-state index in [-0.39, 0.29) is 22.7 Å². The number of carbonyl (C=O) groups excluding carboxylic acids is 2. The number of hydrogen-bond donors (Lipinski definition) is 0. The Morgan fingerprint density at radius 2 is 1.96 bits per heavy atom. The van der Waals surface area contributed by atoms with E-state index < -0.39 is 5.60 Å². The summed E-state index contributed by atoms with van der Waals surface area (Å²) < 4.78 is 5.99. The first-order valence-corrected chi connectivity index (χ1v) is 9.76. The SMILES string of the molecule is CC(=O)[C@]12O[C@H]1C[C@@H]1[C@H]3CCC4=CC(=O)CC[C@]4(C)[C@@H]3CC[C@@]12C. The maximum Gasteiger partial charge on any atom is 0.164 e. The number of fused-ring (bicyclic) bond motifs is 7. The van der Waals surface area contributed by atoms with E-state index in [1.54, 1.807) is 6.92 Å². The predicted molar refractivity (Wildman–Crippen MR) is 90.4 cm³/mol. The molecule has 0 unspecified atom stereocenters. The highest BCUT2D eigenvalue weighted by Crippen LogP contribution is 2.73. The second kappa shape index (κ2) is 4.41. The zero-order valence-corrected chi connectivity index (χ0v) is 15.1. The van der Waals surface area contributed by atoms with Crippen LogP contribution < -0.4 is 0 Å². The van der Waals surface area contributed by atoms with E-state index in [4.69, 9.17) is 4.74 Å². The Morgan fingerprint density at radius 3 is 2.71 bits per heavy atom. The van der Waals surface area contributed by atoms with Gasteiger partial charge in [0.25, 0.3) is 0 Å². The van der Waals surface area contributed by atoms with Crippen molar-refractivity contribution in [2.45, 2.75) is 77.4 Å². The van der Waals surface area contributed by atoms with Crippen molar-refractivity contribution < 1.29 is 14.3 Å². The van der Waals surface area contributed by atoms with Gasteiger partial charge >= 0.3 is 0 Å². The number of ketones is 2. The average Bonchev–Trinajstić information content (AvgIpc) is 3.21. The lowest BCUT2D eigenvalue weighted by atomic mass is 9.46. The van der Waals surface area contributed by atoms with Crippen LogP contribution in [0.15, 0.2) is 11.6 Å². The lowest BCUT2D eigenvalue weighted by Crippen LogP contribution is -2.54. The second-order valence-electron chi connectivity index (χ2n) is 9.56. The average molecular weight is 328 g/mol. The molecule has 7 atom stereocenters. The zero-order chi connectivity index (χ0) is 16.9. The summed E-state index contributed by atoms with van der Waals surface area (Å²) in [4.78, 5) is 24.3. The van der Waals surface area contributed by atoms with Crippen LogP contribution >= 0.6 is 0 Å². The molecule has 5 aliphatic rings. The Labute approximate surface area is 144 Å². The van der Waals surface area contributed by atoms with Gasteiger partial charge < -0.3 is 4.74 Å². The van der Waals surface area contributed by atoms with Crippen molar-refractivity contribution >= 4 is 11.6 Å². The molecule has 0 amide bonds. The molecule has 3 saturated carbocycles. The summed E-state index contributed by atoms with van der Waals surface area (Å²) in [6, 6.07) is 0. The number of carbonyl (C=O) groups is 2. The molecule has 0 aromatic carbocycles. The third-order valence-electron chi connectivity index (χ3n) is 8.92. The first-order chi connectivity index (χ1) is 11.3. The molecule has 130 valence electrons. The number of ether oxygens (including phenoxy) is 1. The molecule has 3 nitrogen and oxygen atoms in total. The first kappa shape index (κ1) is 15.3. The van der Waals surface area contributed by atoms with E-state index in [1.165, 1.54) is 18.4 Å². The van der Waals surface area contributed by atoms with Gasteiger partial charge in [-0.3, -0.25) is 9.59 Å². The first-order valence-electron chi connectivity index (χ1n) is 9.76. The summed E-state index contributed by atoms with van der Waals surface area (Å²) in [6.45, 7) is 6.48. The molecule has 3 heteroatoms. The molecule has 4 fully saturated rings. The molecular formula is C21H28O3. The van der Waals surface area contributed by atoms with Gasteiger partial charge in [-0.15, -0.1) is 0 Å². The normalized spacial score (nSPS) is 55.0. The van der Waals surface area contributed by atoms with E-state index >= 15 is 0 Å². The molecule has 4 aliphatic carbocycles. The number of rotatable bonds is 1. The van der Waals surface area contributed by atoms with E-state index in [1.807, 2.05) is 6.08 Å². The molecule has 1 aliphatic heterocycles. The van der Waals surface area contributed by atoms with Crippen LogP contribution in [0, 0.1) is 28.6 Å². The summed E-state index contributed by atoms with van der Waals surface area (Å²) in [6.07, 6.45) is 9.53. The molecule has 24 heavy (non-hydrogen) atoms. The third-order valence-corrected chi connectivity index (χ3v) is 8.92. The molecule has 5 rings (SSSR count). The number of hydrogen-bond acceptors (Lipinski definition) is 3. The van der Waals surface area contributed by atoms with Gasteiger partial charge in [0.1, 0.15) is 0 Å². The van der Waals surface area contributed by atoms with E-state index in [2.05, 4.69) is 13.8 Å². The minimum atomic E-state index is -0.456. The van der Waals surface area contributed by atoms with Gasteiger partial charge in [-0.25, -0.2) is 0 Å². The summed E-state index contributed by atoms with van der Waals surface area (Å²) in [5.74, 6) is 2.58. The van der Waals surface area contributed by atoms with Crippen molar-refractivity contribution in [3.05, 3.63) is 11.6 Å². The van der Waals surface area contributed by atoms with Gasteiger partial charge in [-0.2, -0.15) is 0 Å². The van der Waals surface area contributed by atoms with Crippen LogP contribution in [0.2, 0.25) is 0 Å². The summed E-state index contributed by atoms with van der Waals surface area (Å²) in [7, 11) is 0. The molecule has 1 heterocycles. The highest BCUT2D eigenvalue weighted by Gasteiger charge is 2.79. The van der Waals surface area contributed by atoms with Crippen LogP contribution in [0.5, 0.6) is 0 Å². The maximum atomic E-state index is 12.4. The van der Waals surface area contributed by atoms with Crippen molar-refractivity contribution in [2.75, 3.05) is 0 Å². The molecule has 0 aromatic heterocycles. The smallest absolute Gasteiger partial charge is 0.164 e. The van der Waals surface area contributed by atoms with Crippen molar-refractivity contribution in [3.63, 3.8) is 0 Å². The highest BCUT2D eigenvalue weighted by molar-refractivity contribution is 5.92. The Morgan fingerprint density at radius 1 is 1.17 bits per heavy atom. The Balaban J connectivity index is 1.52. The topological polar surface area (TPSA) is 46.7 Å². The standard InChI is InChI=1S/C21H28O3/c1-12(22)21-18(24-21)11-17-15-5-4-13-10-14(23)6-8-19(13,2)16(15)7-9-20(17,21)3/h10,15-18H,4-9,11H2,1-3H3/t15-,16+,17+,18-,19-,20-,21-/m0/s1. The second-order valence-corrected chi connectivity index (χ2v) is 9.56. The number of Topliss-reactive ketones (excluding diaryl/α,β-unsaturated/α-hetero) is 1. The van der Waals surface area contributed by atoms with Crippen LogP contribution in [-0.2, 0) is 14.3 Å². The molecular weight excluding hydrogens is 300 g/mol. The van der Waals surface area contributed by atoms with Gasteiger partial charge in [0.15, 0.2) is 17.2 Å². The van der Waals surface area contributed by atoms with Crippen LogP contribution in [0.25, 0.3) is 0 Å². The number of epoxide rings is 1. The van der Waals surface area contributed by atoms with E-state index in [0.29, 0.717) is 30.0 Å². The molecule has 0 aromatic rings. The van der Waals surface area contributed by atoms with Crippen LogP contribution in [-0.4, -0.2) is 23.3 Å². The zero-order valence-electron chi connectivity index (χ0n) is 15.1. The van der Waals surface area contributed by atoms with Crippen molar-refractivity contribution in [1.29, 1.82) is 0 Å². The summed E-state index contributed by atoms with van der Waals surface area (Å²) in [5, 5.41) is 0. The van der Waals surface area contributed by atoms with Crippen molar-refractivity contribution in [3.8, 4) is 0 Å². The fraction of sp³-hybridized carbons (Fsp3) is 0.810. The van der Waals surface area contributed by atoms with Crippen LogP contribution in [0.1, 0.15) is 65.7 Å². The summed E-state index contributed by atoms with van der Waals surface area (Å²) >= 11 is 0. The fourth-order valence-corrected chi connectivity index (χ4v) is 7.62. The van der Waals surface area contributed by atoms with Crippen LogP contribution in [0.4, 0.5) is 0 Å². The molecule has 0 bridgehead atoms. The van der Waals surface area contributed by atoms with E-state index in [0.717, 1.165) is 25.7 Å². The Hall–Kier alpha value is -0.960. The maximum absolute atomic E-state index is 12.4. The number of allylic oxidation sites excluding steroid dienone is 1. The van der Waals surface area contributed by atoms with E-state index in [9.17, 15) is 9.59 Å². The highest BCUT2D eigenvalue weighted by atomic mass is 16.6. The molecule has 0 N–H and O–H groups in total. The van der Waals surface area contributed by atoms with Gasteiger partial charge in [0.2, 0.25) is 0 Å². The molecule has 0 radical (unpaired) electrons. The lowest BCUT2D eigenvalue weighted by Gasteiger charge is -2.58. The lowest BCUT2D eigenvalue weighted by molar-refractivity contribution is -0.136.